The Balaban J connectivity index is 1.46. The van der Waals surface area contributed by atoms with Crippen molar-refractivity contribution >= 4 is 66.4 Å². The Labute approximate surface area is 248 Å². The van der Waals surface area contributed by atoms with Gasteiger partial charge in [-0.05, 0) is 81.2 Å². The smallest absolute Gasteiger partial charge is 0.282 e. The molecule has 0 radical (unpaired) electrons. The van der Waals surface area contributed by atoms with Gasteiger partial charge in [0.05, 0.1) is 27.8 Å². The second kappa shape index (κ2) is 12.3. The number of unbranched alkanes of at least 4 members (excludes halogenated alkanes) is 1. The van der Waals surface area contributed by atoms with Gasteiger partial charge in [-0.25, -0.2) is 4.98 Å². The number of hydrogen-bond donors (Lipinski definition) is 0. The Hall–Kier alpha value is -3.24. The monoisotopic (exact) mass is 695 g/mol. The van der Waals surface area contributed by atoms with E-state index < -0.39 is 0 Å². The van der Waals surface area contributed by atoms with E-state index in [0.717, 1.165) is 37.4 Å². The lowest BCUT2D eigenvalue weighted by Gasteiger charge is -2.15. The molecule has 39 heavy (non-hydrogen) atoms. The normalized spacial score (nSPS) is 11.5. The molecule has 0 aliphatic heterocycles. The average Bonchev–Trinajstić information content (AvgIpc) is 2.95. The first-order valence-corrected chi connectivity index (χ1v) is 14.6. The van der Waals surface area contributed by atoms with Gasteiger partial charge in [-0.15, -0.1) is 0 Å². The van der Waals surface area contributed by atoms with Gasteiger partial charge in [0.25, 0.3) is 5.56 Å². The van der Waals surface area contributed by atoms with E-state index in [2.05, 4.69) is 74.8 Å². The number of aryl methyl sites for hydroxylation is 1. The number of rotatable bonds is 9. The molecule has 4 aromatic carbocycles. The van der Waals surface area contributed by atoms with E-state index in [1.165, 1.54) is 10.1 Å². The lowest BCUT2D eigenvalue weighted by Crippen LogP contribution is -2.22. The summed E-state index contributed by atoms with van der Waals surface area (Å²) >= 11 is 5.70. The van der Waals surface area contributed by atoms with Crippen LogP contribution in [0.3, 0.4) is 0 Å². The summed E-state index contributed by atoms with van der Waals surface area (Å²) < 4.78 is 15.1. The number of benzene rings is 4. The maximum absolute atomic E-state index is 13.4. The van der Waals surface area contributed by atoms with Crippen molar-refractivity contribution in [3.8, 4) is 11.5 Å². The molecule has 1 aromatic heterocycles. The van der Waals surface area contributed by atoms with Crippen LogP contribution in [0.2, 0.25) is 0 Å². The predicted molar refractivity (Wildman–Crippen MR) is 169 cm³/mol. The zero-order valence-corrected chi connectivity index (χ0v) is 25.4. The second-order valence-corrected chi connectivity index (χ2v) is 11.2. The lowest BCUT2D eigenvalue weighted by atomic mass is 10.1. The fourth-order valence-electron chi connectivity index (χ4n) is 4.46. The van der Waals surface area contributed by atoms with E-state index in [9.17, 15) is 4.79 Å². The van der Waals surface area contributed by atoms with Crippen molar-refractivity contribution < 1.29 is 9.47 Å². The summed E-state index contributed by atoms with van der Waals surface area (Å²) in [6.07, 6.45) is 4.24. The summed E-state index contributed by atoms with van der Waals surface area (Å²) in [7, 11) is 1.62. The average molecular weight is 696 g/mol. The van der Waals surface area contributed by atoms with Crippen LogP contribution in [0.25, 0.3) is 21.7 Å². The standard InChI is InChI=1S/C31H27BrIN3O3/c1-3-4-12-29-35-27-14-13-23(32)17-25(27)31(37)36(29)34-18-20-15-26(33)30(28(16-20)38-2)39-19-22-10-7-9-21-8-5-6-11-24(21)22/h5-11,13-18H,3-4,12,19H2,1-2H3. The van der Waals surface area contributed by atoms with Gasteiger partial charge in [0, 0.05) is 10.9 Å². The number of methoxy groups -OCH3 is 1. The number of hydrogen-bond acceptors (Lipinski definition) is 5. The third kappa shape index (κ3) is 6.01. The van der Waals surface area contributed by atoms with Crippen LogP contribution in [0.15, 0.2) is 87.2 Å². The van der Waals surface area contributed by atoms with E-state index in [4.69, 9.17) is 14.5 Å². The van der Waals surface area contributed by atoms with Gasteiger partial charge in [0.1, 0.15) is 12.4 Å². The number of fused-ring (bicyclic) bond motifs is 2. The molecule has 6 nitrogen and oxygen atoms in total. The van der Waals surface area contributed by atoms with Crippen LogP contribution < -0.4 is 15.0 Å². The predicted octanol–water partition coefficient (Wildman–Crippen LogP) is 7.73. The summed E-state index contributed by atoms with van der Waals surface area (Å²) in [4.78, 5) is 18.1. The van der Waals surface area contributed by atoms with Gasteiger partial charge in [0.15, 0.2) is 11.5 Å². The fraction of sp³-hybridized carbons (Fsp3) is 0.194. The van der Waals surface area contributed by atoms with Crippen LogP contribution in [-0.2, 0) is 13.0 Å². The Morgan fingerprint density at radius 2 is 1.87 bits per heavy atom. The topological polar surface area (TPSA) is 65.7 Å². The molecule has 0 aliphatic carbocycles. The number of ether oxygens (including phenoxy) is 2. The summed E-state index contributed by atoms with van der Waals surface area (Å²) in [5.41, 5.74) is 2.37. The maximum atomic E-state index is 13.4. The van der Waals surface area contributed by atoms with Gasteiger partial charge < -0.3 is 9.47 Å². The zero-order valence-electron chi connectivity index (χ0n) is 21.7. The highest BCUT2D eigenvalue weighted by Crippen LogP contribution is 2.34. The van der Waals surface area contributed by atoms with Crippen molar-refractivity contribution in [1.29, 1.82) is 0 Å². The van der Waals surface area contributed by atoms with Crippen molar-refractivity contribution in [3.63, 3.8) is 0 Å². The van der Waals surface area contributed by atoms with Crippen LogP contribution in [0.4, 0.5) is 0 Å². The number of aromatic nitrogens is 2. The van der Waals surface area contributed by atoms with Crippen LogP contribution in [0, 0.1) is 3.57 Å². The largest absolute Gasteiger partial charge is 0.493 e. The van der Waals surface area contributed by atoms with Crippen molar-refractivity contribution in [3.05, 3.63) is 108 Å². The minimum Gasteiger partial charge on any atom is -0.493 e. The molecule has 198 valence electrons. The molecule has 8 heteroatoms. The Morgan fingerprint density at radius 1 is 1.05 bits per heavy atom. The van der Waals surface area contributed by atoms with E-state index in [1.54, 1.807) is 19.4 Å². The first-order valence-electron chi connectivity index (χ1n) is 12.7. The molecular formula is C31H27BrIN3O3. The van der Waals surface area contributed by atoms with Crippen molar-refractivity contribution in [2.24, 2.45) is 5.10 Å². The summed E-state index contributed by atoms with van der Waals surface area (Å²) in [5, 5.41) is 7.45. The highest BCUT2D eigenvalue weighted by Gasteiger charge is 2.14. The van der Waals surface area contributed by atoms with Crippen LogP contribution in [-0.4, -0.2) is 23.0 Å². The second-order valence-electron chi connectivity index (χ2n) is 9.12. The van der Waals surface area contributed by atoms with Crippen LogP contribution in [0.1, 0.15) is 36.7 Å². The van der Waals surface area contributed by atoms with Crippen LogP contribution >= 0.6 is 38.5 Å². The number of halogens is 2. The molecule has 0 N–H and O–H groups in total. The van der Waals surface area contributed by atoms with E-state index in [1.807, 2.05) is 42.5 Å². The zero-order chi connectivity index (χ0) is 27.4. The summed E-state index contributed by atoms with van der Waals surface area (Å²) in [5.74, 6) is 1.91. The summed E-state index contributed by atoms with van der Waals surface area (Å²) in [6.45, 7) is 2.53. The quantitative estimate of drug-likeness (QED) is 0.117. The third-order valence-corrected chi connectivity index (χ3v) is 7.75. The molecule has 5 rings (SSSR count). The van der Waals surface area contributed by atoms with Crippen molar-refractivity contribution in [2.75, 3.05) is 7.11 Å². The van der Waals surface area contributed by atoms with Gasteiger partial charge in [-0.3, -0.25) is 4.79 Å². The van der Waals surface area contributed by atoms with Crippen molar-refractivity contribution in [2.45, 2.75) is 32.8 Å². The summed E-state index contributed by atoms with van der Waals surface area (Å²) in [6, 6.07) is 23.9. The fourth-order valence-corrected chi connectivity index (χ4v) is 5.60. The molecule has 0 saturated heterocycles. The molecule has 0 aliphatic rings. The van der Waals surface area contributed by atoms with Gasteiger partial charge in [-0.1, -0.05) is 71.7 Å². The van der Waals surface area contributed by atoms with Gasteiger partial charge in [-0.2, -0.15) is 9.78 Å². The molecule has 5 aromatic rings. The third-order valence-electron chi connectivity index (χ3n) is 6.46. The SMILES string of the molecule is CCCCc1nc2ccc(Br)cc2c(=O)n1N=Cc1cc(I)c(OCc2cccc3ccccc23)c(OC)c1. The van der Waals surface area contributed by atoms with Gasteiger partial charge in [0.2, 0.25) is 0 Å². The van der Waals surface area contributed by atoms with Crippen LogP contribution in [0.5, 0.6) is 11.5 Å². The minimum absolute atomic E-state index is 0.194. The highest BCUT2D eigenvalue weighted by atomic mass is 127. The molecule has 0 atom stereocenters. The molecule has 0 saturated carbocycles. The minimum atomic E-state index is -0.194. The molecule has 1 heterocycles. The van der Waals surface area contributed by atoms with Crippen molar-refractivity contribution in [1.82, 2.24) is 9.66 Å². The Morgan fingerprint density at radius 3 is 2.69 bits per heavy atom. The van der Waals surface area contributed by atoms with E-state index >= 15 is 0 Å². The molecular weight excluding hydrogens is 669 g/mol. The molecule has 0 bridgehead atoms. The highest BCUT2D eigenvalue weighted by molar-refractivity contribution is 14.1. The maximum Gasteiger partial charge on any atom is 0.282 e. The Bertz CT molecular complexity index is 1740. The number of nitrogens with zero attached hydrogens (tertiary/aromatic N) is 3. The molecule has 0 amide bonds. The molecule has 0 spiro atoms. The van der Waals surface area contributed by atoms with E-state index in [0.29, 0.717) is 41.3 Å². The Kier molecular flexibility index (Phi) is 8.62. The van der Waals surface area contributed by atoms with E-state index in [-0.39, 0.29) is 5.56 Å². The lowest BCUT2D eigenvalue weighted by molar-refractivity contribution is 0.283. The molecule has 0 unspecified atom stereocenters. The first kappa shape index (κ1) is 27.3. The molecule has 0 fully saturated rings. The first-order chi connectivity index (χ1) is 19.0. The van der Waals surface area contributed by atoms with Gasteiger partial charge >= 0.3 is 0 Å².